The second kappa shape index (κ2) is 8.48. The van der Waals surface area contributed by atoms with Crippen molar-refractivity contribution in [1.29, 1.82) is 0 Å². The van der Waals surface area contributed by atoms with Gasteiger partial charge in [-0.1, -0.05) is 25.1 Å². The zero-order valence-electron chi connectivity index (χ0n) is 16.2. The number of hydrogen-bond donors (Lipinski definition) is 1. The van der Waals surface area contributed by atoms with E-state index in [9.17, 15) is 22.4 Å². The molecule has 0 bridgehead atoms. The molecular weight excluding hydrogens is 390 g/mol. The van der Waals surface area contributed by atoms with Gasteiger partial charge in [-0.2, -0.15) is 13.2 Å². The number of carbonyl (C=O) groups excluding carboxylic acids is 1. The number of hydrogen-bond acceptors (Lipinski definition) is 4. The molecule has 1 aromatic carbocycles. The van der Waals surface area contributed by atoms with E-state index in [1.807, 2.05) is 0 Å². The molecule has 6 nitrogen and oxygen atoms in total. The Kier molecular flexibility index (Phi) is 6.21. The summed E-state index contributed by atoms with van der Waals surface area (Å²) < 4.78 is 54.7. The van der Waals surface area contributed by atoms with Crippen LogP contribution in [0.25, 0.3) is 5.69 Å². The van der Waals surface area contributed by atoms with E-state index in [0.717, 1.165) is 31.6 Å². The lowest BCUT2D eigenvalue weighted by Gasteiger charge is -2.34. The molecule has 1 saturated heterocycles. The second-order valence-corrected chi connectivity index (χ2v) is 7.64. The van der Waals surface area contributed by atoms with Gasteiger partial charge in [-0.3, -0.25) is 4.79 Å². The van der Waals surface area contributed by atoms with E-state index < -0.39 is 29.3 Å². The molecule has 1 amide bonds. The number of halogens is 4. The van der Waals surface area contributed by atoms with Crippen molar-refractivity contribution in [2.45, 2.75) is 26.4 Å². The largest absolute Gasteiger partial charge is 0.435 e. The lowest BCUT2D eigenvalue weighted by atomic mass is 9.92. The van der Waals surface area contributed by atoms with Crippen LogP contribution in [0.5, 0.6) is 0 Å². The van der Waals surface area contributed by atoms with Crippen molar-refractivity contribution >= 4 is 5.91 Å². The first-order chi connectivity index (χ1) is 13.6. The number of piperidine rings is 1. The van der Waals surface area contributed by atoms with Crippen LogP contribution in [0, 0.1) is 17.7 Å². The van der Waals surface area contributed by atoms with Gasteiger partial charge < -0.3 is 10.2 Å². The van der Waals surface area contributed by atoms with Crippen LogP contribution >= 0.6 is 0 Å². The summed E-state index contributed by atoms with van der Waals surface area (Å²) in [5.41, 5.74) is -2.33. The minimum absolute atomic E-state index is 0.167. The Morgan fingerprint density at radius 1 is 1.24 bits per heavy atom. The van der Waals surface area contributed by atoms with Gasteiger partial charge in [-0.15, -0.1) is 5.10 Å². The summed E-state index contributed by atoms with van der Waals surface area (Å²) in [6, 6.07) is 4.51. The smallest absolute Gasteiger partial charge is 0.349 e. The van der Waals surface area contributed by atoms with Gasteiger partial charge in [0.15, 0.2) is 11.4 Å². The molecule has 1 aliphatic heterocycles. The van der Waals surface area contributed by atoms with Crippen LogP contribution in [0.2, 0.25) is 0 Å². The van der Waals surface area contributed by atoms with Crippen LogP contribution in [-0.4, -0.2) is 52.0 Å². The van der Waals surface area contributed by atoms with Crippen LogP contribution in [-0.2, 0) is 6.18 Å². The highest BCUT2D eigenvalue weighted by atomic mass is 19.4. The normalized spacial score (nSPS) is 20.6. The maximum absolute atomic E-state index is 13.6. The Balaban J connectivity index is 1.73. The third-order valence-corrected chi connectivity index (χ3v) is 4.86. The van der Waals surface area contributed by atoms with E-state index in [-0.39, 0.29) is 12.2 Å². The fourth-order valence-corrected chi connectivity index (χ4v) is 3.86. The van der Waals surface area contributed by atoms with Crippen LogP contribution in [0.15, 0.2) is 24.3 Å². The first-order valence-electron chi connectivity index (χ1n) is 9.44. The van der Waals surface area contributed by atoms with E-state index in [1.165, 1.54) is 12.1 Å². The third kappa shape index (κ3) is 5.11. The van der Waals surface area contributed by atoms with Gasteiger partial charge in [0.05, 0.1) is 5.69 Å². The topological polar surface area (TPSA) is 63.1 Å². The summed E-state index contributed by atoms with van der Waals surface area (Å²) in [6.07, 6.45) is -3.75. The highest BCUT2D eigenvalue weighted by Crippen LogP contribution is 2.32. The van der Waals surface area contributed by atoms with Crippen molar-refractivity contribution in [2.24, 2.45) is 11.8 Å². The van der Waals surface area contributed by atoms with Gasteiger partial charge >= 0.3 is 6.18 Å². The molecule has 2 atom stereocenters. The van der Waals surface area contributed by atoms with E-state index in [2.05, 4.69) is 34.4 Å². The van der Waals surface area contributed by atoms with Gasteiger partial charge in [0, 0.05) is 26.2 Å². The third-order valence-electron chi connectivity index (χ3n) is 4.86. The van der Waals surface area contributed by atoms with Crippen LogP contribution < -0.4 is 5.32 Å². The molecule has 29 heavy (non-hydrogen) atoms. The molecule has 158 valence electrons. The maximum atomic E-state index is 13.6. The zero-order chi connectivity index (χ0) is 21.2. The number of benzene rings is 1. The number of carbonyl (C=O) groups is 1. The van der Waals surface area contributed by atoms with Crippen molar-refractivity contribution in [3.05, 3.63) is 41.5 Å². The van der Waals surface area contributed by atoms with Gasteiger partial charge in [0.2, 0.25) is 0 Å². The highest BCUT2D eigenvalue weighted by Gasteiger charge is 2.42. The minimum atomic E-state index is -4.89. The molecule has 1 N–H and O–H groups in total. The fourth-order valence-electron chi connectivity index (χ4n) is 3.86. The molecule has 2 unspecified atom stereocenters. The first kappa shape index (κ1) is 21.2. The molecule has 2 aromatic rings. The average Bonchev–Trinajstić information content (AvgIpc) is 3.06. The number of likely N-dealkylation sites (tertiary alicyclic amines) is 1. The Morgan fingerprint density at radius 2 is 1.93 bits per heavy atom. The zero-order valence-corrected chi connectivity index (χ0v) is 16.2. The molecule has 1 aromatic heterocycles. The maximum Gasteiger partial charge on any atom is 0.435 e. The van der Waals surface area contributed by atoms with Gasteiger partial charge in [-0.25, -0.2) is 9.07 Å². The van der Waals surface area contributed by atoms with E-state index in [1.54, 1.807) is 0 Å². The molecule has 3 rings (SSSR count). The molecule has 1 fully saturated rings. The molecule has 2 heterocycles. The molecule has 1 aliphatic rings. The Hall–Kier alpha value is -2.49. The quantitative estimate of drug-likeness (QED) is 0.765. The molecule has 0 spiro atoms. The summed E-state index contributed by atoms with van der Waals surface area (Å²) in [5, 5.41) is 9.36. The van der Waals surface area contributed by atoms with Crippen molar-refractivity contribution in [2.75, 3.05) is 26.2 Å². The number of amides is 1. The van der Waals surface area contributed by atoms with Crippen molar-refractivity contribution in [3.8, 4) is 5.69 Å². The van der Waals surface area contributed by atoms with Gasteiger partial charge in [-0.05, 0) is 36.5 Å². The molecule has 0 radical (unpaired) electrons. The van der Waals surface area contributed by atoms with Gasteiger partial charge in [0.25, 0.3) is 5.91 Å². The minimum Gasteiger partial charge on any atom is -0.349 e. The number of alkyl halides is 3. The Bertz CT molecular complexity index is 857. The standard InChI is InChI=1S/C19H23F4N5O/c1-12-8-13(2)11-27(10-12)7-6-24-18(29)16-17(19(21,22)23)28(26-25-16)15-5-3-4-14(20)9-15/h3-5,9,12-13H,6-8,10-11H2,1-2H3,(H,24,29). The van der Waals surface area contributed by atoms with Crippen LogP contribution in [0.4, 0.5) is 17.6 Å². The fraction of sp³-hybridized carbons (Fsp3) is 0.526. The number of rotatable bonds is 5. The molecule has 0 saturated carbocycles. The summed E-state index contributed by atoms with van der Waals surface area (Å²) >= 11 is 0. The average molecular weight is 413 g/mol. The number of aromatic nitrogens is 3. The van der Waals surface area contributed by atoms with Gasteiger partial charge in [0.1, 0.15) is 5.82 Å². The first-order valence-corrected chi connectivity index (χ1v) is 9.44. The van der Waals surface area contributed by atoms with E-state index >= 15 is 0 Å². The molecule has 10 heteroatoms. The summed E-state index contributed by atoms with van der Waals surface area (Å²) in [6.45, 7) is 6.83. The molecule has 0 aliphatic carbocycles. The number of nitrogens with zero attached hydrogens (tertiary/aromatic N) is 4. The SMILES string of the molecule is CC1CC(C)CN(CCNC(=O)c2nnn(-c3cccc(F)c3)c2C(F)(F)F)C1. The van der Waals surface area contributed by atoms with E-state index in [4.69, 9.17) is 0 Å². The Morgan fingerprint density at radius 3 is 2.55 bits per heavy atom. The summed E-state index contributed by atoms with van der Waals surface area (Å²) in [7, 11) is 0. The predicted octanol–water partition coefficient (Wildman–Crippen LogP) is 3.13. The lowest BCUT2D eigenvalue weighted by Crippen LogP contribution is -2.43. The van der Waals surface area contributed by atoms with E-state index in [0.29, 0.717) is 23.1 Å². The van der Waals surface area contributed by atoms with Crippen LogP contribution in [0.1, 0.15) is 36.5 Å². The highest BCUT2D eigenvalue weighted by molar-refractivity contribution is 5.93. The van der Waals surface area contributed by atoms with Crippen molar-refractivity contribution < 1.29 is 22.4 Å². The van der Waals surface area contributed by atoms with Crippen LogP contribution in [0.3, 0.4) is 0 Å². The predicted molar refractivity (Wildman–Crippen MR) is 98.0 cm³/mol. The molecular formula is C19H23F4N5O. The lowest BCUT2D eigenvalue weighted by molar-refractivity contribution is -0.143. The number of nitrogens with one attached hydrogen (secondary N) is 1. The summed E-state index contributed by atoms with van der Waals surface area (Å²) in [5.74, 6) is -0.602. The second-order valence-electron chi connectivity index (χ2n) is 7.64. The summed E-state index contributed by atoms with van der Waals surface area (Å²) in [4.78, 5) is 14.6. The monoisotopic (exact) mass is 413 g/mol. The Labute approximate surface area is 165 Å². The van der Waals surface area contributed by atoms with Crippen molar-refractivity contribution in [3.63, 3.8) is 0 Å². The van der Waals surface area contributed by atoms with Crippen molar-refractivity contribution in [1.82, 2.24) is 25.2 Å².